The normalized spacial score (nSPS) is 10.5. The van der Waals surface area contributed by atoms with Crippen molar-refractivity contribution in [3.8, 4) is 16.9 Å². The predicted octanol–water partition coefficient (Wildman–Crippen LogP) is 5.32. The van der Waals surface area contributed by atoms with Crippen LogP contribution in [0.2, 0.25) is 0 Å². The van der Waals surface area contributed by atoms with Crippen LogP contribution in [0.4, 0.5) is 5.00 Å². The molecule has 0 saturated heterocycles. The monoisotopic (exact) mass is 474 g/mol. The highest BCUT2D eigenvalue weighted by Gasteiger charge is 2.25. The summed E-state index contributed by atoms with van der Waals surface area (Å²) in [5, 5.41) is 5.04. The van der Waals surface area contributed by atoms with Gasteiger partial charge in [0.25, 0.3) is 5.91 Å². The molecule has 1 aromatic carbocycles. The molecule has 0 atom stereocenters. The summed E-state index contributed by atoms with van der Waals surface area (Å²) in [4.78, 5) is 29.4. The van der Waals surface area contributed by atoms with Crippen molar-refractivity contribution in [2.24, 2.45) is 0 Å². The van der Waals surface area contributed by atoms with Gasteiger partial charge in [-0.25, -0.2) is 4.79 Å². The molecule has 1 N–H and O–H groups in total. The first kappa shape index (κ1) is 21.0. The van der Waals surface area contributed by atoms with Gasteiger partial charge in [-0.2, -0.15) is 0 Å². The number of benzene rings is 1. The number of thiophene rings is 1. The third kappa shape index (κ3) is 4.65. The zero-order valence-corrected chi connectivity index (χ0v) is 18.5. The van der Waals surface area contributed by atoms with E-state index in [0.29, 0.717) is 31.9 Å². The standard InChI is InChI=1S/C21H19BrN2O4S/c1-4-28-21(26)18-16(15-7-12(2)5-6-17(15)27-3)11-29-20(18)24-19(25)13-8-14(22)10-23-9-13/h5-11H,4H2,1-3H3,(H,24,25). The number of amides is 1. The van der Waals surface area contributed by atoms with Crippen molar-refractivity contribution in [1.82, 2.24) is 4.98 Å². The molecule has 6 nitrogen and oxygen atoms in total. The number of pyridine rings is 1. The van der Waals surface area contributed by atoms with Crippen LogP contribution in [0.1, 0.15) is 33.2 Å². The van der Waals surface area contributed by atoms with E-state index in [1.54, 1.807) is 26.3 Å². The van der Waals surface area contributed by atoms with Crippen molar-refractivity contribution >= 4 is 44.1 Å². The molecule has 0 aliphatic rings. The minimum absolute atomic E-state index is 0.224. The van der Waals surface area contributed by atoms with Crippen LogP contribution in [0.3, 0.4) is 0 Å². The maximum absolute atomic E-state index is 12.7. The molecule has 0 aliphatic carbocycles. The topological polar surface area (TPSA) is 77.5 Å². The first-order valence-electron chi connectivity index (χ1n) is 8.80. The van der Waals surface area contributed by atoms with E-state index in [9.17, 15) is 9.59 Å². The number of aryl methyl sites for hydroxylation is 1. The summed E-state index contributed by atoms with van der Waals surface area (Å²) < 4.78 is 11.4. The zero-order valence-electron chi connectivity index (χ0n) is 16.1. The third-order valence-corrected chi connectivity index (χ3v) is 5.44. The van der Waals surface area contributed by atoms with Gasteiger partial charge in [-0.15, -0.1) is 11.3 Å². The van der Waals surface area contributed by atoms with Crippen molar-refractivity contribution < 1.29 is 19.1 Å². The molecule has 0 saturated carbocycles. The number of halogens is 1. The zero-order chi connectivity index (χ0) is 21.0. The number of carbonyl (C=O) groups is 2. The molecule has 1 amide bonds. The summed E-state index contributed by atoms with van der Waals surface area (Å²) in [5.41, 5.74) is 3.11. The highest BCUT2D eigenvalue weighted by atomic mass is 79.9. The van der Waals surface area contributed by atoms with Gasteiger partial charge in [0, 0.05) is 33.4 Å². The van der Waals surface area contributed by atoms with Crippen molar-refractivity contribution in [2.45, 2.75) is 13.8 Å². The van der Waals surface area contributed by atoms with Gasteiger partial charge in [0.2, 0.25) is 0 Å². The van der Waals surface area contributed by atoms with E-state index in [-0.39, 0.29) is 12.5 Å². The van der Waals surface area contributed by atoms with Crippen LogP contribution in [0.25, 0.3) is 11.1 Å². The van der Waals surface area contributed by atoms with E-state index in [1.165, 1.54) is 17.5 Å². The van der Waals surface area contributed by atoms with Crippen LogP contribution in [0, 0.1) is 6.92 Å². The molecule has 0 fully saturated rings. The average Bonchev–Trinajstić information content (AvgIpc) is 3.11. The number of carbonyl (C=O) groups excluding carboxylic acids is 2. The largest absolute Gasteiger partial charge is 0.496 e. The molecule has 2 heterocycles. The fraction of sp³-hybridized carbons (Fsp3) is 0.190. The molecule has 0 radical (unpaired) electrons. The number of anilines is 1. The first-order chi connectivity index (χ1) is 13.9. The fourth-order valence-corrected chi connectivity index (χ4v) is 4.11. The number of hydrogen-bond acceptors (Lipinski definition) is 6. The molecule has 8 heteroatoms. The summed E-state index contributed by atoms with van der Waals surface area (Å²) in [6.07, 6.45) is 3.05. The lowest BCUT2D eigenvalue weighted by atomic mass is 10.0. The van der Waals surface area contributed by atoms with Crippen molar-refractivity contribution in [3.05, 3.63) is 63.2 Å². The smallest absolute Gasteiger partial charge is 0.341 e. The number of aromatic nitrogens is 1. The molecule has 0 unspecified atom stereocenters. The fourth-order valence-electron chi connectivity index (χ4n) is 2.80. The van der Waals surface area contributed by atoms with Crippen LogP contribution >= 0.6 is 27.3 Å². The second-order valence-corrected chi connectivity index (χ2v) is 7.92. The van der Waals surface area contributed by atoms with Gasteiger partial charge in [0.05, 0.1) is 19.3 Å². The van der Waals surface area contributed by atoms with Gasteiger partial charge in [-0.1, -0.05) is 11.6 Å². The molecule has 29 heavy (non-hydrogen) atoms. The summed E-state index contributed by atoms with van der Waals surface area (Å²) in [6.45, 7) is 3.92. The van der Waals surface area contributed by atoms with Crippen LogP contribution < -0.4 is 10.1 Å². The lowest BCUT2D eigenvalue weighted by Crippen LogP contribution is -2.15. The minimum atomic E-state index is -0.505. The van der Waals surface area contributed by atoms with E-state index in [2.05, 4.69) is 26.2 Å². The van der Waals surface area contributed by atoms with Crippen LogP contribution in [0.15, 0.2) is 46.5 Å². The first-order valence-corrected chi connectivity index (χ1v) is 10.5. The predicted molar refractivity (Wildman–Crippen MR) is 117 cm³/mol. The lowest BCUT2D eigenvalue weighted by Gasteiger charge is -2.12. The Hall–Kier alpha value is -2.71. The van der Waals surface area contributed by atoms with Crippen LogP contribution in [0.5, 0.6) is 5.75 Å². The Labute approximate surface area is 181 Å². The Morgan fingerprint density at radius 3 is 2.69 bits per heavy atom. The summed E-state index contributed by atoms with van der Waals surface area (Å²) in [5.74, 6) is -0.239. The highest BCUT2D eigenvalue weighted by molar-refractivity contribution is 9.10. The van der Waals surface area contributed by atoms with Gasteiger partial charge >= 0.3 is 5.97 Å². The maximum atomic E-state index is 12.7. The number of hydrogen-bond donors (Lipinski definition) is 1. The number of methoxy groups -OCH3 is 1. The minimum Gasteiger partial charge on any atom is -0.496 e. The van der Waals surface area contributed by atoms with E-state index in [0.717, 1.165) is 11.1 Å². The Bertz CT molecular complexity index is 1060. The number of esters is 1. The van der Waals surface area contributed by atoms with Gasteiger partial charge in [-0.3, -0.25) is 9.78 Å². The van der Waals surface area contributed by atoms with Gasteiger partial charge in [0.15, 0.2) is 0 Å². The Morgan fingerprint density at radius 1 is 1.21 bits per heavy atom. The molecule has 0 bridgehead atoms. The SMILES string of the molecule is CCOC(=O)c1c(-c2cc(C)ccc2OC)csc1NC(=O)c1cncc(Br)c1. The Morgan fingerprint density at radius 2 is 2.00 bits per heavy atom. The molecule has 0 spiro atoms. The van der Waals surface area contributed by atoms with Crippen molar-refractivity contribution in [3.63, 3.8) is 0 Å². The number of nitrogens with one attached hydrogen (secondary N) is 1. The Balaban J connectivity index is 2.06. The molecular weight excluding hydrogens is 456 g/mol. The molecular formula is C21H19BrN2O4S. The number of ether oxygens (including phenoxy) is 2. The summed E-state index contributed by atoms with van der Waals surface area (Å²) in [7, 11) is 1.58. The summed E-state index contributed by atoms with van der Waals surface area (Å²) in [6, 6.07) is 7.38. The van der Waals surface area contributed by atoms with Gasteiger partial charge in [0.1, 0.15) is 16.3 Å². The van der Waals surface area contributed by atoms with Gasteiger partial charge in [-0.05, 0) is 48.0 Å². The van der Waals surface area contributed by atoms with Crippen molar-refractivity contribution in [1.29, 1.82) is 0 Å². The van der Waals surface area contributed by atoms with E-state index >= 15 is 0 Å². The van der Waals surface area contributed by atoms with E-state index < -0.39 is 5.97 Å². The average molecular weight is 475 g/mol. The van der Waals surface area contributed by atoms with E-state index in [4.69, 9.17) is 9.47 Å². The number of nitrogens with zero attached hydrogens (tertiary/aromatic N) is 1. The summed E-state index contributed by atoms with van der Waals surface area (Å²) >= 11 is 4.56. The van der Waals surface area contributed by atoms with Crippen LogP contribution in [-0.2, 0) is 4.74 Å². The second-order valence-electron chi connectivity index (χ2n) is 6.12. The lowest BCUT2D eigenvalue weighted by molar-refractivity contribution is 0.0529. The Kier molecular flexibility index (Phi) is 6.66. The third-order valence-electron chi connectivity index (χ3n) is 4.11. The quantitative estimate of drug-likeness (QED) is 0.489. The molecule has 3 aromatic rings. The number of rotatable bonds is 6. The van der Waals surface area contributed by atoms with Crippen molar-refractivity contribution in [2.75, 3.05) is 19.0 Å². The van der Waals surface area contributed by atoms with Gasteiger partial charge < -0.3 is 14.8 Å². The molecule has 150 valence electrons. The molecule has 3 rings (SSSR count). The molecule has 0 aliphatic heterocycles. The maximum Gasteiger partial charge on any atom is 0.341 e. The van der Waals surface area contributed by atoms with E-state index in [1.807, 2.05) is 30.5 Å². The molecule has 2 aromatic heterocycles. The van der Waals surface area contributed by atoms with Crippen LogP contribution in [-0.4, -0.2) is 30.6 Å². The highest BCUT2D eigenvalue weighted by Crippen LogP contribution is 2.40. The second kappa shape index (κ2) is 9.19.